The lowest BCUT2D eigenvalue weighted by atomic mass is 10.1. The first-order valence-electron chi connectivity index (χ1n) is 7.64. The Labute approximate surface area is 124 Å². The molecule has 1 rings (SSSR count). The predicted molar refractivity (Wildman–Crippen MR) is 80.7 cm³/mol. The van der Waals surface area contributed by atoms with Crippen molar-refractivity contribution in [3.05, 3.63) is 28.1 Å². The molecule has 6 heteroatoms. The van der Waals surface area contributed by atoms with Gasteiger partial charge in [0.1, 0.15) is 5.69 Å². The fourth-order valence-corrected chi connectivity index (χ4v) is 2.37. The summed E-state index contributed by atoms with van der Waals surface area (Å²) in [7, 11) is 0. The second-order valence-corrected chi connectivity index (χ2v) is 5.31. The van der Waals surface area contributed by atoms with Gasteiger partial charge in [-0.15, -0.1) is 0 Å². The molecule has 0 unspecified atom stereocenters. The van der Waals surface area contributed by atoms with Gasteiger partial charge in [0.05, 0.1) is 11.1 Å². The predicted octanol–water partition coefficient (Wildman–Crippen LogP) is 4.24. The lowest BCUT2D eigenvalue weighted by Gasteiger charge is -2.05. The van der Waals surface area contributed by atoms with Gasteiger partial charge in [-0.3, -0.25) is 10.1 Å². The molecule has 0 saturated carbocycles. The maximum absolute atomic E-state index is 11.0. The zero-order valence-corrected chi connectivity index (χ0v) is 12.6. The minimum Gasteiger partial charge on any atom is -0.477 e. The second-order valence-electron chi connectivity index (χ2n) is 5.31. The van der Waals surface area contributed by atoms with Crippen molar-refractivity contribution in [2.24, 2.45) is 0 Å². The smallest absolute Gasteiger partial charge is 0.352 e. The molecule has 0 radical (unpaired) electrons. The zero-order chi connectivity index (χ0) is 15.7. The number of carboxylic acid groups (broad SMARTS) is 1. The van der Waals surface area contributed by atoms with Gasteiger partial charge in [0, 0.05) is 12.6 Å². The Morgan fingerprint density at radius 3 is 2.29 bits per heavy atom. The van der Waals surface area contributed by atoms with E-state index in [0.717, 1.165) is 25.3 Å². The standard InChI is InChI=1S/C15H24N2O4/c1-2-3-4-5-6-7-8-9-10-16-12-13(17(20)21)11-14(16)15(18)19/h11-12H,2-10H2,1H3,(H,18,19). The average molecular weight is 296 g/mol. The highest BCUT2D eigenvalue weighted by Gasteiger charge is 2.18. The fraction of sp³-hybridized carbons (Fsp3) is 0.667. The third kappa shape index (κ3) is 5.97. The van der Waals surface area contributed by atoms with E-state index >= 15 is 0 Å². The Bertz CT molecular complexity index is 468. The highest BCUT2D eigenvalue weighted by molar-refractivity contribution is 5.86. The average Bonchev–Trinajstić information content (AvgIpc) is 2.86. The van der Waals surface area contributed by atoms with Crippen LogP contribution in [0.25, 0.3) is 0 Å². The molecule has 21 heavy (non-hydrogen) atoms. The quantitative estimate of drug-likeness (QED) is 0.376. The molecule has 0 spiro atoms. The number of aromatic carboxylic acids is 1. The Morgan fingerprint density at radius 2 is 1.76 bits per heavy atom. The van der Waals surface area contributed by atoms with Crippen molar-refractivity contribution in [3.8, 4) is 0 Å². The molecule has 1 N–H and O–H groups in total. The van der Waals surface area contributed by atoms with E-state index in [2.05, 4.69) is 6.92 Å². The van der Waals surface area contributed by atoms with Crippen LogP contribution in [0, 0.1) is 10.1 Å². The van der Waals surface area contributed by atoms with Crippen molar-refractivity contribution < 1.29 is 14.8 Å². The first-order chi connectivity index (χ1) is 10.1. The number of carboxylic acids is 1. The van der Waals surface area contributed by atoms with Crippen LogP contribution in [0.4, 0.5) is 5.69 Å². The normalized spacial score (nSPS) is 10.7. The summed E-state index contributed by atoms with van der Waals surface area (Å²) in [5, 5.41) is 19.7. The lowest BCUT2D eigenvalue weighted by Crippen LogP contribution is -2.07. The molecule has 0 saturated heterocycles. The third-order valence-electron chi connectivity index (χ3n) is 3.56. The van der Waals surface area contributed by atoms with Gasteiger partial charge in [0.2, 0.25) is 0 Å². The zero-order valence-electron chi connectivity index (χ0n) is 12.6. The summed E-state index contributed by atoms with van der Waals surface area (Å²) in [5.41, 5.74) is -0.170. The monoisotopic (exact) mass is 296 g/mol. The summed E-state index contributed by atoms with van der Waals surface area (Å²) in [6.07, 6.45) is 10.6. The first-order valence-corrected chi connectivity index (χ1v) is 7.64. The molecule has 0 bridgehead atoms. The molecular weight excluding hydrogens is 272 g/mol. The van der Waals surface area contributed by atoms with E-state index in [1.165, 1.54) is 42.9 Å². The largest absolute Gasteiger partial charge is 0.477 e. The fourth-order valence-electron chi connectivity index (χ4n) is 2.37. The molecule has 0 atom stereocenters. The number of rotatable bonds is 11. The van der Waals surface area contributed by atoms with Crippen LogP contribution in [-0.4, -0.2) is 20.6 Å². The van der Waals surface area contributed by atoms with E-state index in [9.17, 15) is 14.9 Å². The van der Waals surface area contributed by atoms with Crippen molar-refractivity contribution in [3.63, 3.8) is 0 Å². The second kappa shape index (κ2) is 9.15. The number of hydrogen-bond donors (Lipinski definition) is 1. The van der Waals surface area contributed by atoms with Crippen molar-refractivity contribution in [2.75, 3.05) is 0 Å². The van der Waals surface area contributed by atoms with Crippen LogP contribution in [0.2, 0.25) is 0 Å². The van der Waals surface area contributed by atoms with Gasteiger partial charge in [-0.25, -0.2) is 4.79 Å². The van der Waals surface area contributed by atoms with Crippen LogP contribution in [0.15, 0.2) is 12.3 Å². The van der Waals surface area contributed by atoms with Gasteiger partial charge in [0.25, 0.3) is 5.69 Å². The van der Waals surface area contributed by atoms with Crippen LogP contribution in [0.5, 0.6) is 0 Å². The van der Waals surface area contributed by atoms with Crippen molar-refractivity contribution in [2.45, 2.75) is 64.8 Å². The van der Waals surface area contributed by atoms with Crippen LogP contribution >= 0.6 is 0 Å². The van der Waals surface area contributed by atoms with Gasteiger partial charge in [-0.1, -0.05) is 51.9 Å². The van der Waals surface area contributed by atoms with Crippen LogP contribution < -0.4 is 0 Å². The first kappa shape index (κ1) is 17.2. The Hall–Kier alpha value is -1.85. The van der Waals surface area contributed by atoms with E-state index < -0.39 is 10.9 Å². The van der Waals surface area contributed by atoms with E-state index in [-0.39, 0.29) is 11.4 Å². The topological polar surface area (TPSA) is 85.4 Å². The molecule has 1 aromatic heterocycles. The molecule has 0 aliphatic rings. The minimum atomic E-state index is -1.12. The molecule has 1 heterocycles. The number of aromatic nitrogens is 1. The molecule has 1 aromatic rings. The number of nitro groups is 1. The lowest BCUT2D eigenvalue weighted by molar-refractivity contribution is -0.384. The summed E-state index contributed by atoms with van der Waals surface area (Å²) >= 11 is 0. The Morgan fingerprint density at radius 1 is 1.19 bits per heavy atom. The molecule has 118 valence electrons. The highest BCUT2D eigenvalue weighted by atomic mass is 16.6. The molecule has 0 amide bonds. The highest BCUT2D eigenvalue weighted by Crippen LogP contribution is 2.18. The van der Waals surface area contributed by atoms with Gasteiger partial charge in [0.15, 0.2) is 0 Å². The maximum atomic E-state index is 11.0. The van der Waals surface area contributed by atoms with Crippen molar-refractivity contribution in [1.29, 1.82) is 0 Å². The molecule has 6 nitrogen and oxygen atoms in total. The summed E-state index contributed by atoms with van der Waals surface area (Å²) < 4.78 is 1.47. The molecule has 0 aliphatic carbocycles. The van der Waals surface area contributed by atoms with Crippen LogP contribution in [0.3, 0.4) is 0 Å². The van der Waals surface area contributed by atoms with Gasteiger partial charge in [-0.2, -0.15) is 0 Å². The summed E-state index contributed by atoms with van der Waals surface area (Å²) in [5.74, 6) is -1.12. The molecular formula is C15H24N2O4. The maximum Gasteiger partial charge on any atom is 0.352 e. The summed E-state index contributed by atoms with van der Waals surface area (Å²) in [4.78, 5) is 21.2. The third-order valence-corrected chi connectivity index (χ3v) is 3.56. The SMILES string of the molecule is CCCCCCCCCCn1cc([N+](=O)[O-])cc1C(=O)O. The van der Waals surface area contributed by atoms with Crippen molar-refractivity contribution in [1.82, 2.24) is 4.57 Å². The van der Waals surface area contributed by atoms with Crippen LogP contribution in [-0.2, 0) is 6.54 Å². The van der Waals surface area contributed by atoms with Crippen molar-refractivity contribution >= 4 is 11.7 Å². The number of carbonyl (C=O) groups is 1. The molecule has 0 fully saturated rings. The number of nitrogens with zero attached hydrogens (tertiary/aromatic N) is 2. The minimum absolute atomic E-state index is 0.00959. The summed E-state index contributed by atoms with van der Waals surface area (Å²) in [6.45, 7) is 2.71. The number of hydrogen-bond acceptors (Lipinski definition) is 3. The van der Waals surface area contributed by atoms with E-state index in [1.54, 1.807) is 0 Å². The van der Waals surface area contributed by atoms with Gasteiger partial charge < -0.3 is 9.67 Å². The Balaban J connectivity index is 2.34. The molecule has 0 aromatic carbocycles. The van der Waals surface area contributed by atoms with Crippen LogP contribution in [0.1, 0.15) is 68.8 Å². The summed E-state index contributed by atoms with van der Waals surface area (Å²) in [6, 6.07) is 1.12. The van der Waals surface area contributed by atoms with Gasteiger partial charge in [-0.05, 0) is 6.42 Å². The van der Waals surface area contributed by atoms with E-state index in [4.69, 9.17) is 5.11 Å². The molecule has 0 aliphatic heterocycles. The van der Waals surface area contributed by atoms with Gasteiger partial charge >= 0.3 is 5.97 Å². The number of unbranched alkanes of at least 4 members (excludes halogenated alkanes) is 7. The van der Waals surface area contributed by atoms with E-state index in [1.807, 2.05) is 0 Å². The Kier molecular flexibility index (Phi) is 7.50. The number of aryl methyl sites for hydroxylation is 1. The van der Waals surface area contributed by atoms with E-state index in [0.29, 0.717) is 6.54 Å².